The largest absolute Gasteiger partial charge is 0.490 e. The standard InChI is InChI=1S/C56H62ClN11O9/c1-4-56(74)42-28-45-50-36(30-68(45)53(71)41(42)32-75-54(56)72)27-39-40(47(13-10-43(39)60-50)77-55(73)67-23-19-63(3)20-24-67)31-64-21-25-66(26-22-64)52(70)34-15-17-65(18-16-34)48-14-11-44(61-62-48)51(69)59-37-6-8-38(9-7-37)76-46-12-5-35(29-58)49(57)33(46)2/h5,10-14,27-28,34,37-38,74H,4,6-9,15-26,30-32H2,1-3H3,(H,59,69)/t37-,38-,56-/m0/s1. The van der Waals surface area contributed by atoms with Crippen molar-refractivity contribution < 1.29 is 38.5 Å². The van der Waals surface area contributed by atoms with Crippen molar-refractivity contribution in [3.05, 3.63) is 103 Å². The first-order valence-corrected chi connectivity index (χ1v) is 27.1. The number of pyridine rings is 2. The Hall–Kier alpha value is -7.18. The van der Waals surface area contributed by atoms with E-state index in [1.54, 1.807) is 46.7 Å². The smallest absolute Gasteiger partial charge is 0.415 e. The van der Waals surface area contributed by atoms with Gasteiger partial charge in [0.25, 0.3) is 11.5 Å². The Balaban J connectivity index is 0.705. The third kappa shape index (κ3) is 10.1. The number of carbonyl (C=O) groups excluding carboxylic acids is 4. The molecule has 1 aliphatic carbocycles. The van der Waals surface area contributed by atoms with E-state index in [1.165, 1.54) is 0 Å². The van der Waals surface area contributed by atoms with E-state index in [0.717, 1.165) is 60.8 Å². The Morgan fingerprint density at radius 3 is 2.32 bits per heavy atom. The highest BCUT2D eigenvalue weighted by molar-refractivity contribution is 6.32. The third-order valence-corrected chi connectivity index (χ3v) is 17.1. The number of likely N-dealkylation sites (N-methyl/N-ethyl adjacent to an activating group) is 1. The average Bonchev–Trinajstić information content (AvgIpc) is 3.93. The maximum Gasteiger partial charge on any atom is 0.415 e. The molecular formula is C56H62ClN11O9. The minimum Gasteiger partial charge on any atom is -0.490 e. The first kappa shape index (κ1) is 51.9. The Labute approximate surface area is 450 Å². The molecule has 8 heterocycles. The molecule has 402 valence electrons. The highest BCUT2D eigenvalue weighted by Crippen LogP contribution is 2.41. The fourth-order valence-electron chi connectivity index (χ4n) is 11.7. The highest BCUT2D eigenvalue weighted by atomic mass is 35.5. The molecule has 2 N–H and O–H groups in total. The Kier molecular flexibility index (Phi) is 14.4. The molecule has 4 fully saturated rings. The fourth-order valence-corrected chi connectivity index (χ4v) is 11.9. The predicted molar refractivity (Wildman–Crippen MR) is 283 cm³/mol. The van der Waals surface area contributed by atoms with Crippen LogP contribution in [0.2, 0.25) is 5.02 Å². The molecule has 2 aromatic carbocycles. The van der Waals surface area contributed by atoms with Crippen LogP contribution in [0.1, 0.15) is 95.7 Å². The number of cyclic esters (lactones) is 1. The zero-order valence-corrected chi connectivity index (χ0v) is 44.3. The molecule has 5 aliphatic heterocycles. The van der Waals surface area contributed by atoms with Crippen molar-refractivity contribution in [2.75, 3.05) is 77.4 Å². The van der Waals surface area contributed by atoms with Crippen LogP contribution >= 0.6 is 11.6 Å². The number of amides is 3. The van der Waals surface area contributed by atoms with Gasteiger partial charge in [0, 0.05) is 112 Å². The summed E-state index contributed by atoms with van der Waals surface area (Å²) in [6, 6.07) is 16.3. The molecule has 0 bridgehead atoms. The van der Waals surface area contributed by atoms with Crippen LogP contribution in [0.15, 0.2) is 53.3 Å². The minimum atomic E-state index is -1.94. The third-order valence-electron chi connectivity index (χ3n) is 16.6. The maximum absolute atomic E-state index is 14.1. The summed E-state index contributed by atoms with van der Waals surface area (Å²) in [6.07, 6.45) is 3.93. The summed E-state index contributed by atoms with van der Waals surface area (Å²) in [5.74, 6) is 0.691. The lowest BCUT2D eigenvalue weighted by Gasteiger charge is -2.39. The normalized spacial score (nSPS) is 21.9. The number of nitrogens with one attached hydrogen (secondary N) is 1. The number of piperazine rings is 2. The van der Waals surface area contributed by atoms with Gasteiger partial charge < -0.3 is 48.8 Å². The van der Waals surface area contributed by atoms with Gasteiger partial charge in [0.05, 0.1) is 45.7 Å². The van der Waals surface area contributed by atoms with Gasteiger partial charge in [0.2, 0.25) is 5.91 Å². The summed E-state index contributed by atoms with van der Waals surface area (Å²) in [6.45, 7) is 10.0. The van der Waals surface area contributed by atoms with E-state index in [2.05, 4.69) is 36.3 Å². The van der Waals surface area contributed by atoms with Gasteiger partial charge >= 0.3 is 12.1 Å². The number of benzene rings is 2. The second-order valence-corrected chi connectivity index (χ2v) is 21.6. The maximum atomic E-state index is 14.1. The van der Waals surface area contributed by atoms with Gasteiger partial charge in [-0.3, -0.25) is 19.3 Å². The molecule has 3 aromatic heterocycles. The molecule has 0 unspecified atom stereocenters. The summed E-state index contributed by atoms with van der Waals surface area (Å²) in [7, 11) is 2.02. The summed E-state index contributed by atoms with van der Waals surface area (Å²) in [4.78, 5) is 83.0. The molecule has 3 saturated heterocycles. The zero-order chi connectivity index (χ0) is 53.7. The van der Waals surface area contributed by atoms with Crippen molar-refractivity contribution >= 4 is 52.2 Å². The van der Waals surface area contributed by atoms with Gasteiger partial charge in [0.15, 0.2) is 17.1 Å². The summed E-state index contributed by atoms with van der Waals surface area (Å²) >= 11 is 6.34. The predicted octanol–water partition coefficient (Wildman–Crippen LogP) is 5.13. The van der Waals surface area contributed by atoms with Crippen LogP contribution < -0.4 is 25.2 Å². The van der Waals surface area contributed by atoms with E-state index >= 15 is 0 Å². The van der Waals surface area contributed by atoms with Crippen LogP contribution in [0.5, 0.6) is 11.5 Å². The number of hydrogen-bond acceptors (Lipinski definition) is 16. The number of nitrogens with zero attached hydrogens (tertiary/aromatic N) is 10. The number of aromatic nitrogens is 4. The van der Waals surface area contributed by atoms with Crippen LogP contribution in [0.25, 0.3) is 22.3 Å². The second-order valence-electron chi connectivity index (χ2n) is 21.2. The van der Waals surface area contributed by atoms with Crippen molar-refractivity contribution in [1.82, 2.24) is 44.7 Å². The number of piperidine rings is 1. The summed E-state index contributed by atoms with van der Waals surface area (Å²) < 4.78 is 19.3. The van der Waals surface area contributed by atoms with Crippen LogP contribution in [0, 0.1) is 24.2 Å². The topological polar surface area (TPSA) is 229 Å². The van der Waals surface area contributed by atoms with E-state index in [1.807, 2.05) is 37.1 Å². The van der Waals surface area contributed by atoms with Gasteiger partial charge in [-0.15, -0.1) is 10.2 Å². The Morgan fingerprint density at radius 1 is 0.896 bits per heavy atom. The number of nitriles is 1. The SMILES string of the molecule is CC[C@@]1(O)C(=O)OCc2c1cc1n(c2=O)Cc2cc3c(CN4CCN(C(=O)C5CCN(c6ccc(C(=O)N[C@H]7CC[C@H](Oc8ccc(C#N)c(Cl)c8C)CC7)nn6)CC5)CC4)c(OC(=O)N4CCN(C)CC4)ccc3nc2-1. The number of ether oxygens (including phenoxy) is 3. The molecular weight excluding hydrogens is 1010 g/mol. The number of halogens is 1. The second kappa shape index (κ2) is 21.3. The Morgan fingerprint density at radius 2 is 1.62 bits per heavy atom. The van der Waals surface area contributed by atoms with Gasteiger partial charge in [0.1, 0.15) is 24.2 Å². The zero-order valence-electron chi connectivity index (χ0n) is 43.6. The molecule has 77 heavy (non-hydrogen) atoms. The first-order chi connectivity index (χ1) is 37.2. The number of fused-ring (bicyclic) bond motifs is 5. The van der Waals surface area contributed by atoms with Crippen LogP contribution in [0.4, 0.5) is 10.6 Å². The summed E-state index contributed by atoms with van der Waals surface area (Å²) in [5.41, 5.74) is 2.90. The van der Waals surface area contributed by atoms with Gasteiger partial charge in [-0.25, -0.2) is 14.6 Å². The molecule has 21 heteroatoms. The fraction of sp³-hybridized carbons (Fsp3) is 0.482. The van der Waals surface area contributed by atoms with Gasteiger partial charge in [-0.1, -0.05) is 18.5 Å². The van der Waals surface area contributed by atoms with Crippen molar-refractivity contribution in [1.29, 1.82) is 5.26 Å². The van der Waals surface area contributed by atoms with Crippen molar-refractivity contribution in [2.45, 2.75) is 96.2 Å². The van der Waals surface area contributed by atoms with Gasteiger partial charge in [-0.2, -0.15) is 5.26 Å². The lowest BCUT2D eigenvalue weighted by molar-refractivity contribution is -0.172. The lowest BCUT2D eigenvalue weighted by atomic mass is 9.86. The Bertz CT molecular complexity index is 3260. The van der Waals surface area contributed by atoms with Crippen molar-refractivity contribution in [2.24, 2.45) is 5.92 Å². The van der Waals surface area contributed by atoms with E-state index in [9.17, 15) is 34.3 Å². The molecule has 0 radical (unpaired) electrons. The van der Waals surface area contributed by atoms with E-state index in [4.69, 9.17) is 30.8 Å². The molecule has 0 spiro atoms. The number of anilines is 1. The highest BCUT2D eigenvalue weighted by Gasteiger charge is 2.45. The molecule has 20 nitrogen and oxygen atoms in total. The molecule has 11 rings (SSSR count). The molecule has 1 saturated carbocycles. The van der Waals surface area contributed by atoms with Crippen molar-refractivity contribution in [3.63, 3.8) is 0 Å². The van der Waals surface area contributed by atoms with Crippen molar-refractivity contribution in [3.8, 4) is 29.0 Å². The molecule has 6 aliphatic rings. The number of hydrogen-bond donors (Lipinski definition) is 2. The average molecular weight is 1070 g/mol. The number of esters is 1. The van der Waals surface area contributed by atoms with Crippen LogP contribution in [-0.2, 0) is 39.6 Å². The van der Waals surface area contributed by atoms with E-state index in [0.29, 0.717) is 117 Å². The summed E-state index contributed by atoms with van der Waals surface area (Å²) in [5, 5.41) is 33.7. The van der Waals surface area contributed by atoms with E-state index < -0.39 is 17.7 Å². The van der Waals surface area contributed by atoms with Crippen LogP contribution in [0.3, 0.4) is 0 Å². The monoisotopic (exact) mass is 1070 g/mol. The molecule has 3 amide bonds. The molecule has 5 aromatic rings. The first-order valence-electron chi connectivity index (χ1n) is 26.7. The van der Waals surface area contributed by atoms with Gasteiger partial charge in [-0.05, 0) is 107 Å². The molecule has 1 atom stereocenters. The number of aliphatic hydroxyl groups is 1. The minimum absolute atomic E-state index is 0.0194. The number of carbonyl (C=O) groups is 4. The quantitative estimate of drug-likeness (QED) is 0.170. The van der Waals surface area contributed by atoms with Crippen LogP contribution in [-0.4, -0.2) is 153 Å². The van der Waals surface area contributed by atoms with E-state index in [-0.39, 0.29) is 71.8 Å². The lowest BCUT2D eigenvalue weighted by Crippen LogP contribution is -2.51. The number of rotatable bonds is 10.